The molecule has 2 heterocycles. The first-order valence-corrected chi connectivity index (χ1v) is 11.0. The van der Waals surface area contributed by atoms with Gasteiger partial charge in [0.2, 0.25) is 0 Å². The van der Waals surface area contributed by atoms with E-state index in [1.165, 1.54) is 17.7 Å². The highest BCUT2D eigenvalue weighted by Crippen LogP contribution is 2.19. The van der Waals surface area contributed by atoms with Crippen LogP contribution in [-0.4, -0.2) is 44.9 Å². The lowest BCUT2D eigenvalue weighted by atomic mass is 10.1. The van der Waals surface area contributed by atoms with E-state index in [0.29, 0.717) is 29.2 Å². The number of nitrogens with one attached hydrogen (secondary N) is 1. The zero-order valence-electron chi connectivity index (χ0n) is 18.5. The SMILES string of the molecule is Cc1nn(-c2ccc(F)cc2)c(C)c1C(=O)NCc1ccc(CN2CCC(O)CC2)cc1. The number of carbonyl (C=O) groups excluding carboxylic acids is 1. The molecule has 2 N–H and O–H groups in total. The summed E-state index contributed by atoms with van der Waals surface area (Å²) in [5, 5.41) is 17.1. The van der Waals surface area contributed by atoms with E-state index in [9.17, 15) is 14.3 Å². The Labute approximate surface area is 187 Å². The summed E-state index contributed by atoms with van der Waals surface area (Å²) in [6.07, 6.45) is 1.51. The maximum absolute atomic E-state index is 13.2. The van der Waals surface area contributed by atoms with Gasteiger partial charge in [0.05, 0.1) is 28.7 Å². The van der Waals surface area contributed by atoms with Gasteiger partial charge in [-0.3, -0.25) is 9.69 Å². The first-order chi connectivity index (χ1) is 15.4. The summed E-state index contributed by atoms with van der Waals surface area (Å²) in [5.74, 6) is -0.488. The molecule has 0 atom stereocenters. The highest BCUT2D eigenvalue weighted by Gasteiger charge is 2.20. The second-order valence-electron chi connectivity index (χ2n) is 8.44. The molecule has 0 unspecified atom stereocenters. The molecule has 0 spiro atoms. The fourth-order valence-corrected chi connectivity index (χ4v) is 4.17. The van der Waals surface area contributed by atoms with Gasteiger partial charge in [-0.25, -0.2) is 9.07 Å². The molecule has 7 heteroatoms. The molecule has 0 bridgehead atoms. The van der Waals surface area contributed by atoms with Crippen molar-refractivity contribution in [3.8, 4) is 5.69 Å². The van der Waals surface area contributed by atoms with E-state index < -0.39 is 0 Å². The summed E-state index contributed by atoms with van der Waals surface area (Å²) in [6, 6.07) is 14.3. The van der Waals surface area contributed by atoms with Gasteiger partial charge in [-0.05, 0) is 62.1 Å². The molecule has 168 valence electrons. The van der Waals surface area contributed by atoms with Crippen LogP contribution in [0.25, 0.3) is 5.69 Å². The fourth-order valence-electron chi connectivity index (χ4n) is 4.17. The molecule has 0 saturated carbocycles. The maximum Gasteiger partial charge on any atom is 0.255 e. The van der Waals surface area contributed by atoms with Crippen LogP contribution in [0.2, 0.25) is 0 Å². The third-order valence-corrected chi connectivity index (χ3v) is 6.03. The normalized spacial score (nSPS) is 15.1. The molecular formula is C25H29FN4O2. The van der Waals surface area contributed by atoms with E-state index in [1.54, 1.807) is 23.7 Å². The van der Waals surface area contributed by atoms with Crippen LogP contribution in [0.5, 0.6) is 0 Å². The fraction of sp³-hybridized carbons (Fsp3) is 0.360. The molecule has 4 rings (SSSR count). The maximum atomic E-state index is 13.2. The largest absolute Gasteiger partial charge is 0.393 e. The minimum absolute atomic E-state index is 0.160. The van der Waals surface area contributed by atoms with Gasteiger partial charge in [-0.15, -0.1) is 0 Å². The second kappa shape index (κ2) is 9.63. The first kappa shape index (κ1) is 22.2. The van der Waals surface area contributed by atoms with Crippen LogP contribution in [0.3, 0.4) is 0 Å². The first-order valence-electron chi connectivity index (χ1n) is 11.0. The molecule has 0 aliphatic carbocycles. The van der Waals surface area contributed by atoms with Gasteiger partial charge >= 0.3 is 0 Å². The number of amides is 1. The molecular weight excluding hydrogens is 407 g/mol. The highest BCUT2D eigenvalue weighted by atomic mass is 19.1. The van der Waals surface area contributed by atoms with Crippen LogP contribution in [0.1, 0.15) is 45.7 Å². The summed E-state index contributed by atoms with van der Waals surface area (Å²) in [4.78, 5) is 15.2. The molecule has 6 nitrogen and oxygen atoms in total. The lowest BCUT2D eigenvalue weighted by Gasteiger charge is -2.29. The molecule has 1 amide bonds. The van der Waals surface area contributed by atoms with Crippen molar-refractivity contribution in [1.82, 2.24) is 20.0 Å². The number of halogens is 1. The van der Waals surface area contributed by atoms with Crippen molar-refractivity contribution in [2.45, 2.75) is 45.9 Å². The van der Waals surface area contributed by atoms with Gasteiger partial charge in [0.15, 0.2) is 0 Å². The molecule has 1 fully saturated rings. The average Bonchev–Trinajstić information content (AvgIpc) is 3.09. The average molecular weight is 437 g/mol. The van der Waals surface area contributed by atoms with Crippen LogP contribution in [0.4, 0.5) is 4.39 Å². The van der Waals surface area contributed by atoms with Crippen molar-refractivity contribution in [2.75, 3.05) is 13.1 Å². The lowest BCUT2D eigenvalue weighted by Crippen LogP contribution is -2.35. The molecule has 32 heavy (non-hydrogen) atoms. The lowest BCUT2D eigenvalue weighted by molar-refractivity contribution is 0.0792. The Bertz CT molecular complexity index is 1070. The molecule has 1 saturated heterocycles. The standard InChI is InChI=1S/C25H29FN4O2/c1-17-24(18(2)30(28-17)22-9-7-21(26)8-10-22)25(32)27-15-19-3-5-20(6-4-19)16-29-13-11-23(31)12-14-29/h3-10,23,31H,11-16H2,1-2H3,(H,27,32). The number of aliphatic hydroxyl groups is 1. The van der Waals surface area contributed by atoms with E-state index in [2.05, 4.69) is 27.4 Å². The van der Waals surface area contributed by atoms with Crippen LogP contribution < -0.4 is 5.32 Å². The van der Waals surface area contributed by atoms with Crippen molar-refractivity contribution in [2.24, 2.45) is 0 Å². The Kier molecular flexibility index (Phi) is 6.67. The van der Waals surface area contributed by atoms with Crippen LogP contribution in [-0.2, 0) is 13.1 Å². The zero-order valence-corrected chi connectivity index (χ0v) is 18.5. The van der Waals surface area contributed by atoms with Crippen molar-refractivity contribution < 1.29 is 14.3 Å². The topological polar surface area (TPSA) is 70.4 Å². The summed E-state index contributed by atoms with van der Waals surface area (Å²) < 4.78 is 14.9. The van der Waals surface area contributed by atoms with Crippen LogP contribution in [0, 0.1) is 19.7 Å². The monoisotopic (exact) mass is 436 g/mol. The number of rotatable bonds is 6. The molecule has 3 aromatic rings. The van der Waals surface area contributed by atoms with Crippen molar-refractivity contribution in [3.05, 3.63) is 82.4 Å². The number of piperidine rings is 1. The Morgan fingerprint density at radius 2 is 1.69 bits per heavy atom. The van der Waals surface area contributed by atoms with E-state index in [1.807, 2.05) is 19.1 Å². The number of aryl methyl sites for hydroxylation is 1. The minimum atomic E-state index is -0.311. The molecule has 1 aromatic heterocycles. The van der Waals surface area contributed by atoms with E-state index in [-0.39, 0.29) is 17.8 Å². The third kappa shape index (κ3) is 5.06. The van der Waals surface area contributed by atoms with Crippen LogP contribution >= 0.6 is 0 Å². The number of hydrogen-bond acceptors (Lipinski definition) is 4. The van der Waals surface area contributed by atoms with Gasteiger partial charge in [0.1, 0.15) is 5.82 Å². The summed E-state index contributed by atoms with van der Waals surface area (Å²) >= 11 is 0. The number of aliphatic hydroxyl groups excluding tert-OH is 1. The Balaban J connectivity index is 1.37. The number of aromatic nitrogens is 2. The predicted molar refractivity (Wildman–Crippen MR) is 121 cm³/mol. The smallest absolute Gasteiger partial charge is 0.255 e. The van der Waals surface area contributed by atoms with Gasteiger partial charge in [0, 0.05) is 26.2 Å². The number of hydrogen-bond donors (Lipinski definition) is 2. The van der Waals surface area contributed by atoms with Crippen molar-refractivity contribution >= 4 is 5.91 Å². The van der Waals surface area contributed by atoms with E-state index >= 15 is 0 Å². The Morgan fingerprint density at radius 1 is 1.06 bits per heavy atom. The third-order valence-electron chi connectivity index (χ3n) is 6.03. The molecule has 0 radical (unpaired) electrons. The quantitative estimate of drug-likeness (QED) is 0.620. The number of likely N-dealkylation sites (tertiary alicyclic amines) is 1. The summed E-state index contributed by atoms with van der Waals surface area (Å²) in [6.45, 7) is 6.78. The van der Waals surface area contributed by atoms with Crippen molar-refractivity contribution in [3.63, 3.8) is 0 Å². The molecule has 1 aliphatic rings. The van der Waals surface area contributed by atoms with Crippen LogP contribution in [0.15, 0.2) is 48.5 Å². The number of nitrogens with zero attached hydrogens (tertiary/aromatic N) is 3. The van der Waals surface area contributed by atoms with Gasteiger partial charge in [-0.2, -0.15) is 5.10 Å². The van der Waals surface area contributed by atoms with E-state index in [4.69, 9.17) is 0 Å². The van der Waals surface area contributed by atoms with Gasteiger partial charge < -0.3 is 10.4 Å². The zero-order chi connectivity index (χ0) is 22.7. The second-order valence-corrected chi connectivity index (χ2v) is 8.44. The minimum Gasteiger partial charge on any atom is -0.393 e. The molecule has 2 aromatic carbocycles. The predicted octanol–water partition coefficient (Wildman–Crippen LogP) is 3.51. The molecule has 1 aliphatic heterocycles. The number of benzene rings is 2. The van der Waals surface area contributed by atoms with Gasteiger partial charge in [0.25, 0.3) is 5.91 Å². The summed E-state index contributed by atoms with van der Waals surface area (Å²) in [5.41, 5.74) is 4.85. The highest BCUT2D eigenvalue weighted by molar-refractivity contribution is 5.96. The Morgan fingerprint density at radius 3 is 2.34 bits per heavy atom. The van der Waals surface area contributed by atoms with Crippen molar-refractivity contribution in [1.29, 1.82) is 0 Å². The van der Waals surface area contributed by atoms with Gasteiger partial charge in [-0.1, -0.05) is 24.3 Å². The Hall–Kier alpha value is -3.03. The number of carbonyl (C=O) groups is 1. The summed E-state index contributed by atoms with van der Waals surface area (Å²) in [7, 11) is 0. The van der Waals surface area contributed by atoms with E-state index in [0.717, 1.165) is 38.0 Å².